The third kappa shape index (κ3) is 2.44. The molecule has 0 aliphatic carbocycles. The molecule has 2 unspecified atom stereocenters. The van der Waals surface area contributed by atoms with Gasteiger partial charge in [-0.05, 0) is 18.1 Å². The molecular formula is C17H19N3O2. The van der Waals surface area contributed by atoms with Crippen molar-refractivity contribution in [1.29, 1.82) is 0 Å². The van der Waals surface area contributed by atoms with Crippen LogP contribution < -0.4 is 5.73 Å². The van der Waals surface area contributed by atoms with E-state index in [1.165, 1.54) is 6.26 Å². The Labute approximate surface area is 128 Å². The van der Waals surface area contributed by atoms with Crippen molar-refractivity contribution < 1.29 is 9.21 Å². The van der Waals surface area contributed by atoms with Crippen molar-refractivity contribution in [3.8, 4) is 0 Å². The van der Waals surface area contributed by atoms with Crippen LogP contribution in [-0.4, -0.2) is 15.5 Å². The van der Waals surface area contributed by atoms with E-state index in [0.717, 1.165) is 17.3 Å². The summed E-state index contributed by atoms with van der Waals surface area (Å²) in [6.45, 7) is 4.10. The number of benzene rings is 1. The van der Waals surface area contributed by atoms with Crippen LogP contribution in [0.5, 0.6) is 0 Å². The SMILES string of the molecule is CCC(C)C(N)c1nc(C(=O)n2ccc3ccccc32)co1. The number of carbonyl (C=O) groups is 1. The molecular weight excluding hydrogens is 278 g/mol. The zero-order chi connectivity index (χ0) is 15.7. The first kappa shape index (κ1) is 14.5. The van der Waals surface area contributed by atoms with Crippen molar-refractivity contribution >= 4 is 16.8 Å². The number of hydrogen-bond donors (Lipinski definition) is 1. The maximum absolute atomic E-state index is 12.6. The second-order valence-corrected chi connectivity index (χ2v) is 5.53. The number of para-hydroxylation sites is 1. The van der Waals surface area contributed by atoms with Gasteiger partial charge >= 0.3 is 0 Å². The Morgan fingerprint density at radius 1 is 1.36 bits per heavy atom. The van der Waals surface area contributed by atoms with E-state index in [0.29, 0.717) is 5.89 Å². The Morgan fingerprint density at radius 3 is 2.91 bits per heavy atom. The average Bonchev–Trinajstić information content (AvgIpc) is 3.19. The molecule has 114 valence electrons. The number of oxazole rings is 1. The zero-order valence-corrected chi connectivity index (χ0v) is 12.7. The number of nitrogens with zero attached hydrogens (tertiary/aromatic N) is 2. The molecule has 2 aromatic heterocycles. The van der Waals surface area contributed by atoms with Gasteiger partial charge in [0.05, 0.1) is 11.6 Å². The van der Waals surface area contributed by atoms with E-state index in [1.54, 1.807) is 10.8 Å². The molecule has 0 radical (unpaired) electrons. The topological polar surface area (TPSA) is 74.0 Å². The molecule has 3 rings (SSSR count). The van der Waals surface area contributed by atoms with Crippen LogP contribution in [0.2, 0.25) is 0 Å². The highest BCUT2D eigenvalue weighted by Gasteiger charge is 2.22. The number of aromatic nitrogens is 2. The highest BCUT2D eigenvalue weighted by molar-refractivity contribution is 6.00. The van der Waals surface area contributed by atoms with Crippen molar-refractivity contribution in [2.75, 3.05) is 0 Å². The van der Waals surface area contributed by atoms with Crippen LogP contribution >= 0.6 is 0 Å². The Kier molecular flexibility index (Phi) is 3.81. The van der Waals surface area contributed by atoms with Crippen LogP contribution in [-0.2, 0) is 0 Å². The van der Waals surface area contributed by atoms with Gasteiger partial charge in [-0.25, -0.2) is 4.98 Å². The molecule has 2 atom stereocenters. The number of nitrogens with two attached hydrogens (primary N) is 1. The molecule has 0 aliphatic heterocycles. The van der Waals surface area contributed by atoms with Gasteiger partial charge in [0.25, 0.3) is 5.91 Å². The summed E-state index contributed by atoms with van der Waals surface area (Å²) >= 11 is 0. The molecule has 0 amide bonds. The largest absolute Gasteiger partial charge is 0.446 e. The fourth-order valence-electron chi connectivity index (χ4n) is 2.42. The Balaban J connectivity index is 1.92. The molecule has 2 N–H and O–H groups in total. The summed E-state index contributed by atoms with van der Waals surface area (Å²) in [5.74, 6) is 0.440. The van der Waals surface area contributed by atoms with Gasteiger partial charge in [-0.15, -0.1) is 0 Å². The van der Waals surface area contributed by atoms with Crippen molar-refractivity contribution in [3.63, 3.8) is 0 Å². The molecule has 2 heterocycles. The molecule has 0 saturated carbocycles. The number of fused-ring (bicyclic) bond motifs is 1. The average molecular weight is 297 g/mol. The van der Waals surface area contributed by atoms with E-state index in [1.807, 2.05) is 37.3 Å². The highest BCUT2D eigenvalue weighted by Crippen LogP contribution is 2.22. The molecule has 0 fully saturated rings. The Hall–Kier alpha value is -2.40. The van der Waals surface area contributed by atoms with Crippen molar-refractivity contribution in [2.24, 2.45) is 11.7 Å². The smallest absolute Gasteiger partial charge is 0.284 e. The standard InChI is InChI=1S/C17H19N3O2/c1-3-11(2)15(18)16-19-13(10-22-16)17(21)20-9-8-12-6-4-5-7-14(12)20/h4-11,15H,3,18H2,1-2H3. The summed E-state index contributed by atoms with van der Waals surface area (Å²) < 4.78 is 6.99. The summed E-state index contributed by atoms with van der Waals surface area (Å²) in [6, 6.07) is 9.31. The predicted molar refractivity (Wildman–Crippen MR) is 84.6 cm³/mol. The lowest BCUT2D eigenvalue weighted by atomic mass is 10.0. The van der Waals surface area contributed by atoms with Crippen molar-refractivity contribution in [3.05, 3.63) is 54.4 Å². The van der Waals surface area contributed by atoms with Crippen LogP contribution in [0.25, 0.3) is 10.9 Å². The van der Waals surface area contributed by atoms with E-state index in [4.69, 9.17) is 10.2 Å². The highest BCUT2D eigenvalue weighted by atomic mass is 16.3. The summed E-state index contributed by atoms with van der Waals surface area (Å²) in [6.07, 6.45) is 4.06. The minimum absolute atomic E-state index is 0.215. The number of rotatable bonds is 4. The molecule has 0 spiro atoms. The number of carbonyl (C=O) groups excluding carboxylic acids is 1. The molecule has 5 heteroatoms. The van der Waals surface area contributed by atoms with Gasteiger partial charge < -0.3 is 10.2 Å². The lowest BCUT2D eigenvalue weighted by Gasteiger charge is -2.13. The van der Waals surface area contributed by atoms with E-state index >= 15 is 0 Å². The van der Waals surface area contributed by atoms with Crippen LogP contribution in [0.1, 0.15) is 42.7 Å². The normalized spacial score (nSPS) is 14.1. The van der Waals surface area contributed by atoms with Gasteiger partial charge in [0.15, 0.2) is 5.69 Å². The quantitative estimate of drug-likeness (QED) is 0.801. The first-order chi connectivity index (χ1) is 10.6. The molecule has 1 aromatic carbocycles. The van der Waals surface area contributed by atoms with Crippen LogP contribution in [0.15, 0.2) is 47.2 Å². The summed E-state index contributed by atoms with van der Waals surface area (Å²) in [5.41, 5.74) is 7.22. The van der Waals surface area contributed by atoms with Gasteiger partial charge in [-0.3, -0.25) is 9.36 Å². The third-order valence-electron chi connectivity index (χ3n) is 4.10. The predicted octanol–water partition coefficient (Wildman–Crippen LogP) is 3.36. The van der Waals surface area contributed by atoms with Gasteiger partial charge in [-0.1, -0.05) is 38.5 Å². The minimum atomic E-state index is -0.298. The maximum Gasteiger partial charge on any atom is 0.284 e. The molecule has 22 heavy (non-hydrogen) atoms. The lowest BCUT2D eigenvalue weighted by molar-refractivity contribution is 0.0960. The van der Waals surface area contributed by atoms with Gasteiger partial charge in [0.1, 0.15) is 6.26 Å². The van der Waals surface area contributed by atoms with Crippen molar-refractivity contribution in [1.82, 2.24) is 9.55 Å². The Bertz CT molecular complexity index is 803. The fourth-order valence-corrected chi connectivity index (χ4v) is 2.42. The minimum Gasteiger partial charge on any atom is -0.446 e. The second kappa shape index (κ2) is 5.77. The lowest BCUT2D eigenvalue weighted by Crippen LogP contribution is -2.19. The molecule has 0 aliphatic rings. The van der Waals surface area contributed by atoms with Crippen LogP contribution in [0.4, 0.5) is 0 Å². The van der Waals surface area contributed by atoms with Crippen molar-refractivity contribution in [2.45, 2.75) is 26.3 Å². The first-order valence-electron chi connectivity index (χ1n) is 7.43. The molecule has 0 saturated heterocycles. The summed E-state index contributed by atoms with van der Waals surface area (Å²) in [4.78, 5) is 16.9. The Morgan fingerprint density at radius 2 is 2.14 bits per heavy atom. The van der Waals surface area contributed by atoms with E-state index in [-0.39, 0.29) is 23.6 Å². The molecule has 0 bridgehead atoms. The maximum atomic E-state index is 12.6. The fraction of sp³-hybridized carbons (Fsp3) is 0.294. The monoisotopic (exact) mass is 297 g/mol. The van der Waals surface area contributed by atoms with Gasteiger partial charge in [0.2, 0.25) is 5.89 Å². The third-order valence-corrected chi connectivity index (χ3v) is 4.10. The van der Waals surface area contributed by atoms with Crippen LogP contribution in [0.3, 0.4) is 0 Å². The van der Waals surface area contributed by atoms with E-state index in [2.05, 4.69) is 11.9 Å². The second-order valence-electron chi connectivity index (χ2n) is 5.53. The number of hydrogen-bond acceptors (Lipinski definition) is 4. The van der Waals surface area contributed by atoms with E-state index in [9.17, 15) is 4.79 Å². The molecule has 5 nitrogen and oxygen atoms in total. The van der Waals surface area contributed by atoms with Crippen LogP contribution in [0, 0.1) is 5.92 Å². The zero-order valence-electron chi connectivity index (χ0n) is 12.7. The van der Waals surface area contributed by atoms with Gasteiger partial charge in [0, 0.05) is 11.6 Å². The summed E-state index contributed by atoms with van der Waals surface area (Å²) in [5, 5.41) is 1.01. The summed E-state index contributed by atoms with van der Waals surface area (Å²) in [7, 11) is 0. The first-order valence-corrected chi connectivity index (χ1v) is 7.43. The van der Waals surface area contributed by atoms with Gasteiger partial charge in [-0.2, -0.15) is 0 Å². The molecule has 3 aromatic rings. The van der Waals surface area contributed by atoms with E-state index < -0.39 is 0 Å².